The predicted molar refractivity (Wildman–Crippen MR) is 60.4 cm³/mol. The molecular formula is C14H13F. The van der Waals surface area contributed by atoms with Crippen molar-refractivity contribution in [3.63, 3.8) is 0 Å². The van der Waals surface area contributed by atoms with E-state index < -0.39 is 0 Å². The molecule has 0 nitrogen and oxygen atoms in total. The maximum absolute atomic E-state index is 12.9. The number of rotatable bonds is 2. The Morgan fingerprint density at radius 1 is 1.00 bits per heavy atom. The molecule has 0 aliphatic carbocycles. The molecule has 0 N–H and O–H groups in total. The van der Waals surface area contributed by atoms with Crippen molar-refractivity contribution in [2.75, 3.05) is 0 Å². The van der Waals surface area contributed by atoms with Crippen LogP contribution >= 0.6 is 0 Å². The van der Waals surface area contributed by atoms with Crippen LogP contribution in [0.5, 0.6) is 0 Å². The molecule has 0 radical (unpaired) electrons. The first kappa shape index (κ1) is 9.91. The van der Waals surface area contributed by atoms with Crippen molar-refractivity contribution in [3.05, 3.63) is 71.0 Å². The third kappa shape index (κ3) is 2.44. The second-order valence-corrected chi connectivity index (χ2v) is 3.73. The van der Waals surface area contributed by atoms with Crippen LogP contribution < -0.4 is 0 Å². The van der Waals surface area contributed by atoms with Crippen molar-refractivity contribution in [1.82, 2.24) is 0 Å². The van der Waals surface area contributed by atoms with Crippen LogP contribution in [0.4, 0.5) is 4.39 Å². The summed E-state index contributed by atoms with van der Waals surface area (Å²) in [5.74, 6) is -0.163. The van der Waals surface area contributed by atoms with E-state index in [9.17, 15) is 4.39 Å². The molecule has 1 heteroatoms. The van der Waals surface area contributed by atoms with Gasteiger partial charge in [-0.3, -0.25) is 0 Å². The van der Waals surface area contributed by atoms with Crippen molar-refractivity contribution in [1.29, 1.82) is 0 Å². The van der Waals surface area contributed by atoms with Gasteiger partial charge in [-0.2, -0.15) is 0 Å². The second kappa shape index (κ2) is 4.26. The minimum absolute atomic E-state index is 0.163. The molecule has 0 fully saturated rings. The Kier molecular flexibility index (Phi) is 2.82. The van der Waals surface area contributed by atoms with E-state index in [1.807, 2.05) is 31.2 Å². The lowest BCUT2D eigenvalue weighted by molar-refractivity contribution is 0.626. The molecule has 0 spiro atoms. The number of benzene rings is 2. The summed E-state index contributed by atoms with van der Waals surface area (Å²) in [4.78, 5) is 0. The van der Waals surface area contributed by atoms with Gasteiger partial charge < -0.3 is 0 Å². The van der Waals surface area contributed by atoms with Crippen LogP contribution in [0.15, 0.2) is 48.5 Å². The topological polar surface area (TPSA) is 0 Å². The van der Waals surface area contributed by atoms with E-state index in [2.05, 4.69) is 12.1 Å². The molecule has 0 unspecified atom stereocenters. The van der Waals surface area contributed by atoms with Crippen LogP contribution in [-0.2, 0) is 6.42 Å². The minimum atomic E-state index is -0.163. The summed E-state index contributed by atoms with van der Waals surface area (Å²) in [5, 5.41) is 0. The minimum Gasteiger partial charge on any atom is -0.207 e. The van der Waals surface area contributed by atoms with Crippen LogP contribution in [0.1, 0.15) is 16.7 Å². The average molecular weight is 200 g/mol. The Morgan fingerprint density at radius 3 is 2.40 bits per heavy atom. The zero-order valence-corrected chi connectivity index (χ0v) is 8.70. The Balaban J connectivity index is 2.25. The van der Waals surface area contributed by atoms with E-state index in [-0.39, 0.29) is 5.82 Å². The molecular weight excluding hydrogens is 187 g/mol. The molecule has 0 saturated carbocycles. The van der Waals surface area contributed by atoms with Crippen LogP contribution in [-0.4, -0.2) is 0 Å². The maximum Gasteiger partial charge on any atom is 0.123 e. The molecule has 2 rings (SSSR count). The Bertz CT molecular complexity index is 446. The third-order valence-electron chi connectivity index (χ3n) is 2.54. The standard InChI is InChI=1S/C14H13F/c1-11-9-14(15)8-7-13(11)10-12-5-3-2-4-6-12/h2-9H,10H2,1H3. The van der Waals surface area contributed by atoms with Gasteiger partial charge in [-0.1, -0.05) is 36.4 Å². The van der Waals surface area contributed by atoms with E-state index >= 15 is 0 Å². The van der Waals surface area contributed by atoms with Gasteiger partial charge in [-0.25, -0.2) is 4.39 Å². The zero-order chi connectivity index (χ0) is 10.7. The largest absolute Gasteiger partial charge is 0.207 e. The van der Waals surface area contributed by atoms with Crippen molar-refractivity contribution in [2.45, 2.75) is 13.3 Å². The second-order valence-electron chi connectivity index (χ2n) is 3.73. The first-order chi connectivity index (χ1) is 7.25. The molecule has 0 heterocycles. The Morgan fingerprint density at radius 2 is 1.73 bits per heavy atom. The van der Waals surface area contributed by atoms with E-state index in [0.717, 1.165) is 12.0 Å². The highest BCUT2D eigenvalue weighted by Gasteiger charge is 2.00. The quantitative estimate of drug-likeness (QED) is 0.693. The van der Waals surface area contributed by atoms with Crippen LogP contribution in [0.2, 0.25) is 0 Å². The summed E-state index contributed by atoms with van der Waals surface area (Å²) in [5.41, 5.74) is 3.45. The molecule has 2 aromatic carbocycles. The zero-order valence-electron chi connectivity index (χ0n) is 8.70. The first-order valence-corrected chi connectivity index (χ1v) is 5.04. The van der Waals surface area contributed by atoms with Gasteiger partial charge in [0.2, 0.25) is 0 Å². The van der Waals surface area contributed by atoms with Crippen molar-refractivity contribution in [3.8, 4) is 0 Å². The van der Waals surface area contributed by atoms with E-state index in [4.69, 9.17) is 0 Å². The summed E-state index contributed by atoms with van der Waals surface area (Å²) < 4.78 is 12.9. The summed E-state index contributed by atoms with van der Waals surface area (Å²) in [6.45, 7) is 1.95. The normalized spacial score (nSPS) is 10.3. The van der Waals surface area contributed by atoms with Crippen molar-refractivity contribution >= 4 is 0 Å². The third-order valence-corrected chi connectivity index (χ3v) is 2.54. The summed E-state index contributed by atoms with van der Waals surface area (Å²) >= 11 is 0. The van der Waals surface area contributed by atoms with Gasteiger partial charge in [0.05, 0.1) is 0 Å². The van der Waals surface area contributed by atoms with Crippen molar-refractivity contribution in [2.24, 2.45) is 0 Å². The van der Waals surface area contributed by atoms with Gasteiger partial charge >= 0.3 is 0 Å². The smallest absolute Gasteiger partial charge is 0.123 e. The van der Waals surface area contributed by atoms with Crippen LogP contribution in [0.25, 0.3) is 0 Å². The lowest BCUT2D eigenvalue weighted by atomic mass is 10.0. The predicted octanol–water partition coefficient (Wildman–Crippen LogP) is 3.72. The first-order valence-electron chi connectivity index (χ1n) is 5.04. The number of hydrogen-bond acceptors (Lipinski definition) is 0. The lowest BCUT2D eigenvalue weighted by Crippen LogP contribution is -1.92. The molecule has 15 heavy (non-hydrogen) atoms. The van der Waals surface area contributed by atoms with Crippen molar-refractivity contribution < 1.29 is 4.39 Å². The molecule has 0 bridgehead atoms. The molecule has 0 aliphatic heterocycles. The van der Waals surface area contributed by atoms with Gasteiger partial charge in [0, 0.05) is 0 Å². The molecule has 0 amide bonds. The summed E-state index contributed by atoms with van der Waals surface area (Å²) in [6.07, 6.45) is 0.868. The fourth-order valence-electron chi connectivity index (χ4n) is 1.67. The lowest BCUT2D eigenvalue weighted by Gasteiger charge is -2.05. The molecule has 0 aliphatic rings. The number of aryl methyl sites for hydroxylation is 1. The monoisotopic (exact) mass is 200 g/mol. The molecule has 2 aromatic rings. The van der Waals surface area contributed by atoms with Gasteiger partial charge in [0.25, 0.3) is 0 Å². The Labute approximate surface area is 89.4 Å². The highest BCUT2D eigenvalue weighted by Crippen LogP contribution is 2.14. The highest BCUT2D eigenvalue weighted by atomic mass is 19.1. The van der Waals surface area contributed by atoms with Gasteiger partial charge in [0.15, 0.2) is 0 Å². The van der Waals surface area contributed by atoms with Gasteiger partial charge in [0.1, 0.15) is 5.82 Å². The molecule has 0 atom stereocenters. The average Bonchev–Trinajstić information content (AvgIpc) is 2.24. The maximum atomic E-state index is 12.9. The SMILES string of the molecule is Cc1cc(F)ccc1Cc1ccccc1. The number of hydrogen-bond donors (Lipinski definition) is 0. The van der Waals surface area contributed by atoms with E-state index in [0.29, 0.717) is 0 Å². The van der Waals surface area contributed by atoms with E-state index in [1.165, 1.54) is 17.2 Å². The fraction of sp³-hybridized carbons (Fsp3) is 0.143. The van der Waals surface area contributed by atoms with Gasteiger partial charge in [-0.15, -0.1) is 0 Å². The molecule has 0 saturated heterocycles. The molecule has 0 aromatic heterocycles. The van der Waals surface area contributed by atoms with E-state index in [1.54, 1.807) is 6.07 Å². The summed E-state index contributed by atoms with van der Waals surface area (Å²) in [7, 11) is 0. The van der Waals surface area contributed by atoms with Crippen LogP contribution in [0.3, 0.4) is 0 Å². The highest BCUT2D eigenvalue weighted by molar-refractivity contribution is 5.32. The fourth-order valence-corrected chi connectivity index (χ4v) is 1.67. The Hall–Kier alpha value is -1.63. The molecule has 76 valence electrons. The summed E-state index contributed by atoms with van der Waals surface area (Å²) in [6, 6.07) is 15.2. The number of halogens is 1. The van der Waals surface area contributed by atoms with Crippen LogP contribution in [0, 0.1) is 12.7 Å². The van der Waals surface area contributed by atoms with Gasteiger partial charge in [-0.05, 0) is 42.2 Å².